The molecule has 3 fully saturated rings. The highest BCUT2D eigenvalue weighted by Gasteiger charge is 2.68. The summed E-state index contributed by atoms with van der Waals surface area (Å²) in [6.07, 6.45) is 2.44. The standard InChI is InChI=1S/C33H52O9/c1-18(2)22-15-25(35)32(8)23-11-10-21(20-14-27(42-19(3)34)33(39,41-17-20)29(4,5)38)30(23,6)13-12-24(32)31(22,7)26(36)16-28(37)40-9/h11,20-22,24-27,35-36,38-39H,1,10,12-17H2,2-9H3/t20-,21+,22+,24-,25-,26?,27-,30+,31+,32+,33?/m1/s1. The van der Waals surface area contributed by atoms with E-state index in [0.29, 0.717) is 12.8 Å². The number of aliphatic hydroxyl groups is 4. The van der Waals surface area contributed by atoms with Gasteiger partial charge in [-0.2, -0.15) is 0 Å². The van der Waals surface area contributed by atoms with Gasteiger partial charge in [-0.15, -0.1) is 0 Å². The van der Waals surface area contributed by atoms with Crippen LogP contribution in [0.5, 0.6) is 0 Å². The first-order chi connectivity index (χ1) is 19.3. The molecule has 9 heteroatoms. The smallest absolute Gasteiger partial charge is 0.308 e. The van der Waals surface area contributed by atoms with Gasteiger partial charge in [-0.25, -0.2) is 0 Å². The minimum atomic E-state index is -2.04. The minimum absolute atomic E-state index is 0.0731. The normalized spacial score (nSPS) is 44.3. The van der Waals surface area contributed by atoms with Gasteiger partial charge in [-0.05, 0) is 82.0 Å². The fourth-order valence-electron chi connectivity index (χ4n) is 9.74. The molecular weight excluding hydrogens is 540 g/mol. The van der Waals surface area contributed by atoms with Crippen molar-refractivity contribution in [2.24, 2.45) is 39.9 Å². The predicted octanol–water partition coefficient (Wildman–Crippen LogP) is 3.67. The maximum absolute atomic E-state index is 12.3. The Balaban J connectivity index is 1.68. The van der Waals surface area contributed by atoms with Crippen molar-refractivity contribution in [3.8, 4) is 0 Å². The molecule has 2 unspecified atom stereocenters. The molecule has 1 aliphatic heterocycles. The van der Waals surface area contributed by atoms with Crippen molar-refractivity contribution < 1.29 is 44.2 Å². The van der Waals surface area contributed by atoms with Gasteiger partial charge in [-0.3, -0.25) is 9.59 Å². The van der Waals surface area contributed by atoms with Crippen LogP contribution in [-0.4, -0.2) is 75.8 Å². The van der Waals surface area contributed by atoms with Crippen LogP contribution in [-0.2, 0) is 23.8 Å². The van der Waals surface area contributed by atoms with Crippen molar-refractivity contribution in [1.82, 2.24) is 0 Å². The molecule has 0 aromatic heterocycles. The van der Waals surface area contributed by atoms with E-state index in [1.807, 2.05) is 13.8 Å². The Morgan fingerprint density at radius 1 is 1.21 bits per heavy atom. The van der Waals surface area contributed by atoms with Crippen molar-refractivity contribution >= 4 is 11.9 Å². The number of ether oxygens (including phenoxy) is 3. The molecule has 0 amide bonds. The molecule has 1 saturated heterocycles. The second-order valence-corrected chi connectivity index (χ2v) is 14.7. The van der Waals surface area contributed by atoms with E-state index in [2.05, 4.69) is 26.5 Å². The van der Waals surface area contributed by atoms with Crippen molar-refractivity contribution in [3.63, 3.8) is 0 Å². The van der Waals surface area contributed by atoms with Crippen LogP contribution >= 0.6 is 0 Å². The molecule has 0 aromatic rings. The fourth-order valence-corrected chi connectivity index (χ4v) is 9.74. The quantitative estimate of drug-likeness (QED) is 0.257. The summed E-state index contributed by atoms with van der Waals surface area (Å²) in [6, 6.07) is 0. The second-order valence-electron chi connectivity index (χ2n) is 14.7. The van der Waals surface area contributed by atoms with Crippen LogP contribution in [0.2, 0.25) is 0 Å². The first-order valence-corrected chi connectivity index (χ1v) is 15.3. The zero-order chi connectivity index (χ0) is 31.6. The highest BCUT2D eigenvalue weighted by atomic mass is 16.7. The Morgan fingerprint density at radius 2 is 1.86 bits per heavy atom. The molecule has 4 aliphatic rings. The molecule has 0 aromatic carbocycles. The number of hydrogen-bond donors (Lipinski definition) is 4. The van der Waals surface area contributed by atoms with Crippen LogP contribution < -0.4 is 0 Å². The lowest BCUT2D eigenvalue weighted by atomic mass is 9.40. The first kappa shape index (κ1) is 33.1. The summed E-state index contributed by atoms with van der Waals surface area (Å²) in [5, 5.41) is 45.5. The predicted molar refractivity (Wildman–Crippen MR) is 156 cm³/mol. The highest BCUT2D eigenvalue weighted by Crippen LogP contribution is 2.71. The molecule has 1 heterocycles. The zero-order valence-corrected chi connectivity index (χ0v) is 26.6. The fraction of sp³-hybridized carbons (Fsp3) is 0.818. The number of carbonyl (C=O) groups is 2. The SMILES string of the molecule is C=C(C)[C@@H]1C[C@@H](O)[C@@]2(C)C3=CC[C@@H]([C@H]4COC(O)(C(C)(C)O)[C@H](OC(C)=O)C4)[C@]3(C)CC[C@@H]2[C@@]1(C)C(O)CC(=O)OC. The first-order valence-electron chi connectivity index (χ1n) is 15.3. The summed E-state index contributed by atoms with van der Waals surface area (Å²) >= 11 is 0. The Labute approximate surface area is 250 Å². The van der Waals surface area contributed by atoms with Gasteiger partial charge >= 0.3 is 11.9 Å². The zero-order valence-electron chi connectivity index (χ0n) is 26.6. The van der Waals surface area contributed by atoms with E-state index in [1.165, 1.54) is 27.9 Å². The topological polar surface area (TPSA) is 143 Å². The molecule has 3 aliphatic carbocycles. The number of aliphatic hydroxyl groups excluding tert-OH is 2. The maximum atomic E-state index is 12.3. The van der Waals surface area contributed by atoms with Gasteiger partial charge in [0.25, 0.3) is 0 Å². The number of carbonyl (C=O) groups excluding carboxylic acids is 2. The van der Waals surface area contributed by atoms with Crippen LogP contribution in [0, 0.1) is 39.9 Å². The number of allylic oxidation sites excluding steroid dienone is 2. The number of hydrogen-bond acceptors (Lipinski definition) is 9. The molecular formula is C33H52O9. The van der Waals surface area contributed by atoms with Gasteiger partial charge in [0.1, 0.15) is 5.60 Å². The molecule has 238 valence electrons. The largest absolute Gasteiger partial charge is 0.469 e. The maximum Gasteiger partial charge on any atom is 0.308 e. The average molecular weight is 593 g/mol. The van der Waals surface area contributed by atoms with Gasteiger partial charge in [0.05, 0.1) is 32.3 Å². The average Bonchev–Trinajstić information content (AvgIpc) is 3.24. The van der Waals surface area contributed by atoms with Gasteiger partial charge in [0.15, 0.2) is 6.10 Å². The summed E-state index contributed by atoms with van der Waals surface area (Å²) < 4.78 is 16.4. The third kappa shape index (κ3) is 4.87. The Hall–Kier alpha value is -1.78. The van der Waals surface area contributed by atoms with Gasteiger partial charge < -0.3 is 34.6 Å². The molecule has 0 radical (unpaired) electrons. The minimum Gasteiger partial charge on any atom is -0.469 e. The van der Waals surface area contributed by atoms with E-state index in [-0.39, 0.29) is 42.1 Å². The number of methoxy groups -OCH3 is 1. The molecule has 4 rings (SSSR count). The van der Waals surface area contributed by atoms with Crippen molar-refractivity contribution in [2.75, 3.05) is 13.7 Å². The summed E-state index contributed by atoms with van der Waals surface area (Å²) in [5.41, 5.74) is -1.30. The molecule has 0 bridgehead atoms. The highest BCUT2D eigenvalue weighted by molar-refractivity contribution is 5.70. The van der Waals surface area contributed by atoms with Crippen LogP contribution in [0.4, 0.5) is 0 Å². The molecule has 4 N–H and O–H groups in total. The number of esters is 2. The van der Waals surface area contributed by atoms with Crippen LogP contribution in [0.1, 0.15) is 87.0 Å². The molecule has 11 atom stereocenters. The lowest BCUT2D eigenvalue weighted by Crippen LogP contribution is -2.65. The molecule has 0 spiro atoms. The van der Waals surface area contributed by atoms with Crippen LogP contribution in [0.15, 0.2) is 23.8 Å². The lowest BCUT2D eigenvalue weighted by Gasteiger charge is -2.65. The summed E-state index contributed by atoms with van der Waals surface area (Å²) in [4.78, 5) is 24.3. The van der Waals surface area contributed by atoms with E-state index < -0.39 is 52.5 Å². The Morgan fingerprint density at radius 3 is 2.40 bits per heavy atom. The van der Waals surface area contributed by atoms with Crippen molar-refractivity contribution in [2.45, 2.75) is 117 Å². The molecule has 2 saturated carbocycles. The third-order valence-electron chi connectivity index (χ3n) is 12.0. The summed E-state index contributed by atoms with van der Waals surface area (Å²) in [7, 11) is 1.32. The van der Waals surface area contributed by atoms with E-state index in [1.54, 1.807) is 0 Å². The Kier molecular flexibility index (Phi) is 8.66. The van der Waals surface area contributed by atoms with Crippen LogP contribution in [0.25, 0.3) is 0 Å². The Bertz CT molecular complexity index is 1130. The molecule has 42 heavy (non-hydrogen) atoms. The van der Waals surface area contributed by atoms with Gasteiger partial charge in [0, 0.05) is 17.8 Å². The van der Waals surface area contributed by atoms with E-state index >= 15 is 0 Å². The second kappa shape index (κ2) is 11.0. The molecule has 9 nitrogen and oxygen atoms in total. The number of rotatable bonds is 7. The van der Waals surface area contributed by atoms with E-state index in [0.717, 1.165) is 30.4 Å². The van der Waals surface area contributed by atoms with E-state index in [4.69, 9.17) is 14.2 Å². The number of fused-ring (bicyclic) bond motifs is 3. The monoisotopic (exact) mass is 592 g/mol. The van der Waals surface area contributed by atoms with Gasteiger partial charge in [0.2, 0.25) is 5.79 Å². The van der Waals surface area contributed by atoms with Crippen molar-refractivity contribution in [3.05, 3.63) is 23.8 Å². The van der Waals surface area contributed by atoms with Gasteiger partial charge in [-0.1, -0.05) is 44.6 Å². The summed E-state index contributed by atoms with van der Waals surface area (Å²) in [6.45, 7) is 16.9. The lowest BCUT2D eigenvalue weighted by molar-refractivity contribution is -0.354. The van der Waals surface area contributed by atoms with Crippen molar-refractivity contribution in [1.29, 1.82) is 0 Å². The van der Waals surface area contributed by atoms with Crippen LogP contribution in [0.3, 0.4) is 0 Å². The summed E-state index contributed by atoms with van der Waals surface area (Å²) in [5.74, 6) is -3.35. The van der Waals surface area contributed by atoms with E-state index in [9.17, 15) is 30.0 Å². The third-order valence-corrected chi connectivity index (χ3v) is 12.0.